The van der Waals surface area contributed by atoms with Gasteiger partial charge in [0.15, 0.2) is 0 Å². The summed E-state index contributed by atoms with van der Waals surface area (Å²) in [6, 6.07) is 1.64. The second-order valence-corrected chi connectivity index (χ2v) is 4.47. The summed E-state index contributed by atoms with van der Waals surface area (Å²) in [5, 5.41) is 4.97. The van der Waals surface area contributed by atoms with Crippen LogP contribution in [-0.2, 0) is 4.74 Å². The number of halogens is 1. The van der Waals surface area contributed by atoms with Gasteiger partial charge in [-0.3, -0.25) is 0 Å². The summed E-state index contributed by atoms with van der Waals surface area (Å²) in [5.74, 6) is 0.314. The molecule has 2 nitrogen and oxygen atoms in total. The van der Waals surface area contributed by atoms with Crippen LogP contribution in [0.15, 0.2) is 11.4 Å². The molecule has 1 saturated heterocycles. The van der Waals surface area contributed by atoms with Crippen molar-refractivity contribution in [3.8, 4) is 0 Å². The molecule has 2 unspecified atom stereocenters. The molecular formula is C10H14FNOS. The third kappa shape index (κ3) is 1.82. The molecule has 1 aliphatic rings. The molecule has 78 valence electrons. The van der Waals surface area contributed by atoms with E-state index < -0.39 is 0 Å². The largest absolute Gasteiger partial charge is 0.381 e. The van der Waals surface area contributed by atoms with Gasteiger partial charge in [-0.15, -0.1) is 11.3 Å². The Morgan fingerprint density at radius 3 is 3.07 bits per heavy atom. The van der Waals surface area contributed by atoms with Crippen LogP contribution in [0.1, 0.15) is 17.3 Å². The van der Waals surface area contributed by atoms with Crippen molar-refractivity contribution in [3.05, 3.63) is 22.1 Å². The van der Waals surface area contributed by atoms with Crippen molar-refractivity contribution >= 4 is 11.3 Å². The summed E-state index contributed by atoms with van der Waals surface area (Å²) in [4.78, 5) is 0.808. The Bertz CT molecular complexity index is 296. The lowest BCUT2D eigenvalue weighted by Crippen LogP contribution is -2.25. The van der Waals surface area contributed by atoms with Crippen LogP contribution in [0.25, 0.3) is 0 Å². The summed E-state index contributed by atoms with van der Waals surface area (Å²) in [5.41, 5.74) is 0. The van der Waals surface area contributed by atoms with E-state index in [0.29, 0.717) is 5.92 Å². The summed E-state index contributed by atoms with van der Waals surface area (Å²) >= 11 is 1.48. The minimum Gasteiger partial charge on any atom is -0.381 e. The van der Waals surface area contributed by atoms with Gasteiger partial charge in [-0.05, 0) is 24.9 Å². The Morgan fingerprint density at radius 1 is 1.71 bits per heavy atom. The first-order chi connectivity index (χ1) is 6.83. The van der Waals surface area contributed by atoms with Gasteiger partial charge in [0.05, 0.1) is 11.5 Å². The Labute approximate surface area is 87.1 Å². The lowest BCUT2D eigenvalue weighted by atomic mass is 9.98. The molecule has 2 heterocycles. The standard InChI is InChI=1S/C10H14FNOS/c1-12-9(7-2-4-13-6-7)10-8(11)3-5-14-10/h3,5,7,9,12H,2,4,6H2,1H3. The first-order valence-corrected chi connectivity index (χ1v) is 5.69. The quantitative estimate of drug-likeness (QED) is 0.834. The summed E-state index contributed by atoms with van der Waals surface area (Å²) in [6.07, 6.45) is 1.02. The number of thiophene rings is 1. The maximum Gasteiger partial charge on any atom is 0.138 e. The molecule has 1 aromatic rings. The lowest BCUT2D eigenvalue weighted by molar-refractivity contribution is 0.177. The van der Waals surface area contributed by atoms with E-state index in [4.69, 9.17) is 4.74 Å². The molecule has 0 aliphatic carbocycles. The number of hydrogen-bond donors (Lipinski definition) is 1. The molecule has 1 aliphatic heterocycles. The fraction of sp³-hybridized carbons (Fsp3) is 0.600. The van der Waals surface area contributed by atoms with Crippen LogP contribution in [0.5, 0.6) is 0 Å². The van der Waals surface area contributed by atoms with E-state index in [0.717, 1.165) is 24.5 Å². The Morgan fingerprint density at radius 2 is 2.57 bits per heavy atom. The van der Waals surface area contributed by atoms with Crippen LogP contribution in [-0.4, -0.2) is 20.3 Å². The van der Waals surface area contributed by atoms with Gasteiger partial charge in [-0.2, -0.15) is 0 Å². The van der Waals surface area contributed by atoms with Crippen LogP contribution in [0.2, 0.25) is 0 Å². The SMILES string of the molecule is CNC(c1sccc1F)C1CCOC1. The number of hydrogen-bond acceptors (Lipinski definition) is 3. The van der Waals surface area contributed by atoms with Crippen LogP contribution in [0.3, 0.4) is 0 Å². The van der Waals surface area contributed by atoms with Gasteiger partial charge in [0.25, 0.3) is 0 Å². The van der Waals surface area contributed by atoms with Crippen molar-refractivity contribution in [2.45, 2.75) is 12.5 Å². The smallest absolute Gasteiger partial charge is 0.138 e. The molecule has 4 heteroatoms. The van der Waals surface area contributed by atoms with Crippen LogP contribution in [0, 0.1) is 11.7 Å². The predicted octanol–water partition coefficient (Wildman–Crippen LogP) is 2.18. The van der Waals surface area contributed by atoms with Gasteiger partial charge in [0.1, 0.15) is 5.82 Å². The maximum atomic E-state index is 13.4. The Hall–Kier alpha value is -0.450. The molecule has 14 heavy (non-hydrogen) atoms. The summed E-state index contributed by atoms with van der Waals surface area (Å²) in [6.45, 7) is 1.54. The topological polar surface area (TPSA) is 21.3 Å². The highest BCUT2D eigenvalue weighted by molar-refractivity contribution is 7.10. The monoisotopic (exact) mass is 215 g/mol. The van der Waals surface area contributed by atoms with E-state index in [1.807, 2.05) is 7.05 Å². The highest BCUT2D eigenvalue weighted by Crippen LogP contribution is 2.32. The second-order valence-electron chi connectivity index (χ2n) is 3.52. The first-order valence-electron chi connectivity index (χ1n) is 4.81. The molecule has 0 aromatic carbocycles. The maximum absolute atomic E-state index is 13.4. The van der Waals surface area contributed by atoms with Crippen molar-refractivity contribution < 1.29 is 9.13 Å². The van der Waals surface area contributed by atoms with Crippen LogP contribution >= 0.6 is 11.3 Å². The summed E-state index contributed by atoms with van der Waals surface area (Å²) < 4.78 is 18.7. The number of nitrogens with one attached hydrogen (secondary N) is 1. The lowest BCUT2D eigenvalue weighted by Gasteiger charge is -2.20. The van der Waals surface area contributed by atoms with Gasteiger partial charge >= 0.3 is 0 Å². The molecule has 1 fully saturated rings. The van der Waals surface area contributed by atoms with E-state index >= 15 is 0 Å². The second kappa shape index (κ2) is 4.38. The average molecular weight is 215 g/mol. The molecule has 0 saturated carbocycles. The van der Waals surface area contributed by atoms with Crippen molar-refractivity contribution in [2.24, 2.45) is 5.92 Å². The van der Waals surface area contributed by atoms with E-state index in [-0.39, 0.29) is 11.9 Å². The van der Waals surface area contributed by atoms with E-state index in [1.165, 1.54) is 17.4 Å². The molecular weight excluding hydrogens is 201 g/mol. The van der Waals surface area contributed by atoms with Crippen molar-refractivity contribution in [3.63, 3.8) is 0 Å². The van der Waals surface area contributed by atoms with E-state index in [2.05, 4.69) is 5.32 Å². The average Bonchev–Trinajstić information content (AvgIpc) is 2.80. The van der Waals surface area contributed by atoms with Gasteiger partial charge in [-0.1, -0.05) is 0 Å². The van der Waals surface area contributed by atoms with Crippen molar-refractivity contribution in [2.75, 3.05) is 20.3 Å². The van der Waals surface area contributed by atoms with Gasteiger partial charge in [0.2, 0.25) is 0 Å². The highest BCUT2D eigenvalue weighted by atomic mass is 32.1. The van der Waals surface area contributed by atoms with Crippen molar-refractivity contribution in [1.29, 1.82) is 0 Å². The Balaban J connectivity index is 2.16. The molecule has 1 N–H and O–H groups in total. The van der Waals surface area contributed by atoms with Crippen LogP contribution < -0.4 is 5.32 Å². The fourth-order valence-corrected chi connectivity index (χ4v) is 2.90. The zero-order valence-corrected chi connectivity index (χ0v) is 8.94. The third-order valence-electron chi connectivity index (χ3n) is 2.67. The van der Waals surface area contributed by atoms with E-state index in [9.17, 15) is 4.39 Å². The van der Waals surface area contributed by atoms with Gasteiger partial charge in [0, 0.05) is 18.6 Å². The molecule has 0 amide bonds. The van der Waals surface area contributed by atoms with Crippen molar-refractivity contribution in [1.82, 2.24) is 5.32 Å². The van der Waals surface area contributed by atoms with E-state index in [1.54, 1.807) is 5.38 Å². The molecule has 2 rings (SSSR count). The predicted molar refractivity (Wildman–Crippen MR) is 55.0 cm³/mol. The van der Waals surface area contributed by atoms with Gasteiger partial charge < -0.3 is 10.1 Å². The zero-order valence-electron chi connectivity index (χ0n) is 8.13. The zero-order chi connectivity index (χ0) is 9.97. The molecule has 0 spiro atoms. The normalized spacial score (nSPS) is 24.0. The molecule has 2 atom stereocenters. The number of ether oxygens (including phenoxy) is 1. The summed E-state index contributed by atoms with van der Waals surface area (Å²) in [7, 11) is 1.88. The minimum absolute atomic E-state index is 0.0961. The molecule has 1 aromatic heterocycles. The third-order valence-corrected chi connectivity index (χ3v) is 3.65. The Kier molecular flexibility index (Phi) is 3.15. The minimum atomic E-state index is -0.0961. The molecule has 0 radical (unpaired) electrons. The van der Waals surface area contributed by atoms with Gasteiger partial charge in [-0.25, -0.2) is 4.39 Å². The van der Waals surface area contributed by atoms with Crippen LogP contribution in [0.4, 0.5) is 4.39 Å². The fourth-order valence-electron chi connectivity index (χ4n) is 1.92. The highest BCUT2D eigenvalue weighted by Gasteiger charge is 2.28. The first kappa shape index (κ1) is 10.1. The molecule has 0 bridgehead atoms. The number of rotatable bonds is 3.